The number of benzene rings is 1. The van der Waals surface area contributed by atoms with Crippen molar-refractivity contribution in [2.24, 2.45) is 0 Å². The van der Waals surface area contributed by atoms with Gasteiger partial charge in [0.1, 0.15) is 0 Å². The molecule has 1 atom stereocenters. The van der Waals surface area contributed by atoms with E-state index in [4.69, 9.17) is 0 Å². The molecule has 5 nitrogen and oxygen atoms in total. The second-order valence-corrected chi connectivity index (χ2v) is 4.45. The normalized spacial score (nSPS) is 12.6. The van der Waals surface area contributed by atoms with E-state index in [9.17, 15) is 0 Å². The van der Waals surface area contributed by atoms with Gasteiger partial charge in [0.05, 0.1) is 6.04 Å². The molecule has 1 unspecified atom stereocenters. The van der Waals surface area contributed by atoms with Crippen molar-refractivity contribution in [2.75, 3.05) is 7.05 Å². The van der Waals surface area contributed by atoms with E-state index in [2.05, 4.69) is 59.0 Å². The van der Waals surface area contributed by atoms with Gasteiger partial charge in [-0.2, -0.15) is 0 Å². The van der Waals surface area contributed by atoms with Gasteiger partial charge in [-0.25, -0.2) is 4.68 Å². The topological polar surface area (TPSA) is 55.6 Å². The fourth-order valence-corrected chi connectivity index (χ4v) is 1.93. The van der Waals surface area contributed by atoms with Crippen molar-refractivity contribution in [2.45, 2.75) is 32.9 Å². The molecule has 0 radical (unpaired) electrons. The van der Waals surface area contributed by atoms with Crippen LogP contribution in [0.5, 0.6) is 0 Å². The van der Waals surface area contributed by atoms with Crippen LogP contribution in [0.1, 0.15) is 29.9 Å². The van der Waals surface area contributed by atoms with Crippen LogP contribution in [0.25, 0.3) is 0 Å². The molecule has 0 aliphatic carbocycles. The first-order valence-corrected chi connectivity index (χ1v) is 6.20. The average molecular weight is 245 g/mol. The van der Waals surface area contributed by atoms with Crippen molar-refractivity contribution in [1.29, 1.82) is 0 Å². The summed E-state index contributed by atoms with van der Waals surface area (Å²) in [4.78, 5) is 0. The van der Waals surface area contributed by atoms with Crippen molar-refractivity contribution in [3.63, 3.8) is 0 Å². The molecule has 0 aliphatic heterocycles. The predicted molar refractivity (Wildman–Crippen MR) is 70.2 cm³/mol. The van der Waals surface area contributed by atoms with Gasteiger partial charge in [0.25, 0.3) is 0 Å². The van der Waals surface area contributed by atoms with Crippen molar-refractivity contribution < 1.29 is 0 Å². The average Bonchev–Trinajstić information content (AvgIpc) is 2.85. The molecular formula is C13H19N5. The van der Waals surface area contributed by atoms with Gasteiger partial charge >= 0.3 is 0 Å². The third-order valence-electron chi connectivity index (χ3n) is 3.23. The number of aromatic nitrogens is 4. The highest BCUT2D eigenvalue weighted by molar-refractivity contribution is 5.25. The zero-order valence-corrected chi connectivity index (χ0v) is 11.1. The number of nitrogens with zero attached hydrogens (tertiary/aromatic N) is 4. The van der Waals surface area contributed by atoms with Crippen LogP contribution < -0.4 is 5.32 Å². The van der Waals surface area contributed by atoms with E-state index in [1.54, 1.807) is 0 Å². The highest BCUT2D eigenvalue weighted by Crippen LogP contribution is 2.11. The van der Waals surface area contributed by atoms with E-state index in [1.165, 1.54) is 11.1 Å². The molecule has 0 amide bonds. The van der Waals surface area contributed by atoms with E-state index in [-0.39, 0.29) is 6.04 Å². The Bertz CT molecular complexity index is 506. The van der Waals surface area contributed by atoms with Crippen LogP contribution in [0.4, 0.5) is 0 Å². The standard InChI is InChI=1S/C13H19N5/c1-10-6-4-5-7-12(10)8-9-18-13(11(2)14-3)15-16-17-18/h4-7,11,14H,8-9H2,1-3H3. The maximum atomic E-state index is 4.06. The van der Waals surface area contributed by atoms with Gasteiger partial charge in [0, 0.05) is 6.54 Å². The van der Waals surface area contributed by atoms with Gasteiger partial charge < -0.3 is 5.32 Å². The Kier molecular flexibility index (Phi) is 4.04. The smallest absolute Gasteiger partial charge is 0.167 e. The molecule has 0 spiro atoms. The summed E-state index contributed by atoms with van der Waals surface area (Å²) in [6, 6.07) is 8.58. The molecule has 0 saturated heterocycles. The van der Waals surface area contributed by atoms with Gasteiger partial charge in [0.15, 0.2) is 5.82 Å². The zero-order chi connectivity index (χ0) is 13.0. The van der Waals surface area contributed by atoms with E-state index >= 15 is 0 Å². The first kappa shape index (κ1) is 12.7. The van der Waals surface area contributed by atoms with E-state index in [0.717, 1.165) is 18.8 Å². The zero-order valence-electron chi connectivity index (χ0n) is 11.1. The molecule has 96 valence electrons. The quantitative estimate of drug-likeness (QED) is 0.867. The lowest BCUT2D eigenvalue weighted by Gasteiger charge is -2.11. The van der Waals surface area contributed by atoms with Crippen LogP contribution in [-0.4, -0.2) is 27.3 Å². The van der Waals surface area contributed by atoms with Crippen molar-refractivity contribution >= 4 is 0 Å². The Morgan fingerprint density at radius 2 is 2.11 bits per heavy atom. The molecular weight excluding hydrogens is 226 g/mol. The first-order chi connectivity index (χ1) is 8.72. The first-order valence-electron chi connectivity index (χ1n) is 6.20. The summed E-state index contributed by atoms with van der Waals surface area (Å²) in [5.41, 5.74) is 2.66. The summed E-state index contributed by atoms with van der Waals surface area (Å²) in [7, 11) is 1.91. The minimum absolute atomic E-state index is 0.164. The Morgan fingerprint density at radius 1 is 1.33 bits per heavy atom. The molecule has 2 aromatic rings. The molecule has 0 aliphatic rings. The largest absolute Gasteiger partial charge is 0.311 e. The van der Waals surface area contributed by atoms with Crippen molar-refractivity contribution in [3.8, 4) is 0 Å². The van der Waals surface area contributed by atoms with Gasteiger partial charge in [-0.1, -0.05) is 24.3 Å². The Morgan fingerprint density at radius 3 is 2.83 bits per heavy atom. The SMILES string of the molecule is CNC(C)c1nnnn1CCc1ccccc1C. The second kappa shape index (κ2) is 5.73. The third-order valence-corrected chi connectivity index (χ3v) is 3.23. The maximum Gasteiger partial charge on any atom is 0.167 e. The second-order valence-electron chi connectivity index (χ2n) is 4.45. The van der Waals surface area contributed by atoms with Crippen LogP contribution in [-0.2, 0) is 13.0 Å². The lowest BCUT2D eigenvalue weighted by atomic mass is 10.1. The molecule has 0 bridgehead atoms. The van der Waals surface area contributed by atoms with Gasteiger partial charge in [-0.3, -0.25) is 0 Å². The summed E-state index contributed by atoms with van der Waals surface area (Å²) >= 11 is 0. The monoisotopic (exact) mass is 245 g/mol. The van der Waals surface area contributed by atoms with Crippen LogP contribution in [0, 0.1) is 6.92 Å². The lowest BCUT2D eigenvalue weighted by molar-refractivity contribution is 0.511. The summed E-state index contributed by atoms with van der Waals surface area (Å²) in [5.74, 6) is 0.881. The molecule has 0 fully saturated rings. The number of hydrogen-bond acceptors (Lipinski definition) is 4. The Hall–Kier alpha value is -1.75. The fraction of sp³-hybridized carbons (Fsp3) is 0.462. The number of tetrazole rings is 1. The molecule has 1 aromatic carbocycles. The van der Waals surface area contributed by atoms with Crippen LogP contribution in [0.15, 0.2) is 24.3 Å². The molecule has 1 heterocycles. The molecule has 1 aromatic heterocycles. The minimum Gasteiger partial charge on any atom is -0.311 e. The summed E-state index contributed by atoms with van der Waals surface area (Å²) in [5, 5.41) is 15.0. The summed E-state index contributed by atoms with van der Waals surface area (Å²) in [6.45, 7) is 4.99. The maximum absolute atomic E-state index is 4.06. The summed E-state index contributed by atoms with van der Waals surface area (Å²) in [6.07, 6.45) is 0.946. The number of rotatable bonds is 5. The van der Waals surface area contributed by atoms with E-state index < -0.39 is 0 Å². The van der Waals surface area contributed by atoms with Crippen LogP contribution >= 0.6 is 0 Å². The van der Waals surface area contributed by atoms with Gasteiger partial charge in [-0.05, 0) is 48.9 Å². The molecule has 5 heteroatoms. The van der Waals surface area contributed by atoms with Crippen molar-refractivity contribution in [3.05, 3.63) is 41.2 Å². The number of hydrogen-bond donors (Lipinski definition) is 1. The molecule has 18 heavy (non-hydrogen) atoms. The van der Waals surface area contributed by atoms with E-state index in [1.807, 2.05) is 11.7 Å². The highest BCUT2D eigenvalue weighted by Gasteiger charge is 2.12. The number of nitrogens with one attached hydrogen (secondary N) is 1. The van der Waals surface area contributed by atoms with Gasteiger partial charge in [-0.15, -0.1) is 5.10 Å². The van der Waals surface area contributed by atoms with Crippen molar-refractivity contribution in [1.82, 2.24) is 25.5 Å². The Labute approximate surface area is 107 Å². The Balaban J connectivity index is 2.07. The summed E-state index contributed by atoms with van der Waals surface area (Å²) < 4.78 is 1.87. The fourth-order valence-electron chi connectivity index (χ4n) is 1.93. The highest BCUT2D eigenvalue weighted by atomic mass is 15.5. The molecule has 0 saturated carbocycles. The predicted octanol–water partition coefficient (Wildman–Crippen LogP) is 1.50. The van der Waals surface area contributed by atoms with Crippen LogP contribution in [0.3, 0.4) is 0 Å². The molecule has 2 rings (SSSR count). The minimum atomic E-state index is 0.164. The lowest BCUT2D eigenvalue weighted by Crippen LogP contribution is -2.19. The third kappa shape index (κ3) is 2.73. The number of aryl methyl sites for hydroxylation is 3. The van der Waals surface area contributed by atoms with Crippen LogP contribution in [0.2, 0.25) is 0 Å². The van der Waals surface area contributed by atoms with E-state index in [0.29, 0.717) is 0 Å². The molecule has 1 N–H and O–H groups in total. The van der Waals surface area contributed by atoms with Gasteiger partial charge in [0.2, 0.25) is 0 Å².